The quantitative estimate of drug-likeness (QED) is 0.731. The smallest absolute Gasteiger partial charge is 0.0437 e. The number of rotatable bonds is 2. The molecule has 2 heteroatoms. The van der Waals surface area contributed by atoms with Gasteiger partial charge in [0.25, 0.3) is 0 Å². The van der Waals surface area contributed by atoms with Crippen LogP contribution >= 0.6 is 0 Å². The molecule has 18 heavy (non-hydrogen) atoms. The molecule has 0 spiro atoms. The number of hydrogen-bond acceptors (Lipinski definition) is 1. The first-order chi connectivity index (χ1) is 8.77. The maximum absolute atomic E-state index is 2.62. The second-order valence-electron chi connectivity index (χ2n) is 5.96. The molecule has 1 fully saturated rings. The second-order valence-corrected chi connectivity index (χ2v) is 9.16. The summed E-state index contributed by atoms with van der Waals surface area (Å²) in [6.07, 6.45) is 6.72. The summed E-state index contributed by atoms with van der Waals surface area (Å²) in [4.78, 5) is 2.62. The number of hydrogen-bond donors (Lipinski definition) is 0. The van der Waals surface area contributed by atoms with Gasteiger partial charge in [-0.2, -0.15) is 0 Å². The molecule has 1 saturated heterocycles. The van der Waals surface area contributed by atoms with Crippen LogP contribution < -0.4 is 0 Å². The minimum absolute atomic E-state index is 0.656. The first kappa shape index (κ1) is 12.0. The van der Waals surface area contributed by atoms with E-state index in [9.17, 15) is 0 Å². The molecule has 0 saturated carbocycles. The molecule has 0 radical (unpaired) electrons. The van der Waals surface area contributed by atoms with Crippen LogP contribution in [-0.2, 0) is 0 Å². The molecule has 96 valence electrons. The van der Waals surface area contributed by atoms with Crippen LogP contribution in [0.15, 0.2) is 30.3 Å². The van der Waals surface area contributed by atoms with Gasteiger partial charge in [-0.15, -0.1) is 0 Å². The minimum Gasteiger partial charge on any atom is -0.371 e. The fraction of sp³-hybridized carbons (Fsp3) is 0.500. The number of piperidine rings is 1. The first-order valence-corrected chi connectivity index (χ1v) is 10.3. The highest BCUT2D eigenvalue weighted by molar-refractivity contribution is 6.58. The normalized spacial score (nSPS) is 23.2. The van der Waals surface area contributed by atoms with E-state index in [1.807, 2.05) is 0 Å². The Labute approximate surface area is 112 Å². The van der Waals surface area contributed by atoms with Crippen molar-refractivity contribution in [2.75, 3.05) is 13.1 Å². The molecule has 0 aromatic heterocycles. The predicted octanol–water partition coefficient (Wildman–Crippen LogP) is 3.64. The summed E-state index contributed by atoms with van der Waals surface area (Å²) >= 11 is 0. The zero-order valence-corrected chi connectivity index (χ0v) is 12.7. The summed E-state index contributed by atoms with van der Waals surface area (Å²) in [5.41, 5.74) is 5.40. The number of fused-ring (bicyclic) bond motifs is 1. The molecule has 1 heterocycles. The van der Waals surface area contributed by atoms with Gasteiger partial charge < -0.3 is 4.90 Å². The van der Waals surface area contributed by atoms with Crippen LogP contribution in [0.5, 0.6) is 0 Å². The molecule has 1 aliphatic carbocycles. The van der Waals surface area contributed by atoms with Crippen molar-refractivity contribution in [3.05, 3.63) is 41.5 Å². The van der Waals surface area contributed by atoms with Crippen LogP contribution in [0.2, 0.25) is 13.1 Å². The van der Waals surface area contributed by atoms with Crippen molar-refractivity contribution < 1.29 is 0 Å². The average molecular weight is 257 g/mol. The monoisotopic (exact) mass is 257 g/mol. The van der Waals surface area contributed by atoms with E-state index in [1.165, 1.54) is 43.6 Å². The second kappa shape index (κ2) is 4.92. The summed E-state index contributed by atoms with van der Waals surface area (Å²) < 4.78 is 0. The molecule has 0 N–H and O–H groups in total. The van der Waals surface area contributed by atoms with E-state index in [0.29, 0.717) is 0 Å². The largest absolute Gasteiger partial charge is 0.371 e. The van der Waals surface area contributed by atoms with Crippen molar-refractivity contribution in [2.45, 2.75) is 37.9 Å². The first-order valence-electron chi connectivity index (χ1n) is 7.33. The van der Waals surface area contributed by atoms with Gasteiger partial charge in [0.05, 0.1) is 0 Å². The molecule has 0 amide bonds. The fourth-order valence-electron chi connectivity index (χ4n) is 3.33. The third-order valence-electron chi connectivity index (χ3n) is 4.35. The average Bonchev–Trinajstić information content (AvgIpc) is 2.79. The highest BCUT2D eigenvalue weighted by Gasteiger charge is 2.28. The van der Waals surface area contributed by atoms with Crippen LogP contribution in [-0.4, -0.2) is 26.8 Å². The number of allylic oxidation sites excluding steroid dienone is 1. The Morgan fingerprint density at radius 1 is 1.06 bits per heavy atom. The SMILES string of the molecule is C[SiH](C)C1C=C(N2CCCCC2)c2ccccc21. The van der Waals surface area contributed by atoms with Gasteiger partial charge in [0.1, 0.15) is 0 Å². The van der Waals surface area contributed by atoms with Gasteiger partial charge in [-0.1, -0.05) is 43.4 Å². The maximum Gasteiger partial charge on any atom is 0.0437 e. The number of likely N-dealkylation sites (tertiary alicyclic amines) is 1. The van der Waals surface area contributed by atoms with Gasteiger partial charge in [0, 0.05) is 33.1 Å². The van der Waals surface area contributed by atoms with E-state index in [2.05, 4.69) is 48.3 Å². The topological polar surface area (TPSA) is 3.24 Å². The van der Waals surface area contributed by atoms with Crippen LogP contribution in [0.4, 0.5) is 0 Å². The standard InChI is InChI=1S/C16H23NSi/c1-18(2)16-12-15(17-10-6-3-7-11-17)13-8-4-5-9-14(13)16/h4-5,8-9,12,16,18H,3,6-7,10-11H2,1-2H3. The van der Waals surface area contributed by atoms with Crippen molar-refractivity contribution in [2.24, 2.45) is 0 Å². The van der Waals surface area contributed by atoms with E-state index >= 15 is 0 Å². The van der Waals surface area contributed by atoms with E-state index in [1.54, 1.807) is 5.56 Å². The van der Waals surface area contributed by atoms with Crippen LogP contribution in [0.25, 0.3) is 5.70 Å². The lowest BCUT2D eigenvalue weighted by Crippen LogP contribution is -2.27. The lowest BCUT2D eigenvalue weighted by Gasteiger charge is -2.30. The molecule has 1 atom stereocenters. The van der Waals surface area contributed by atoms with Crippen LogP contribution in [0.1, 0.15) is 35.9 Å². The third kappa shape index (κ3) is 2.03. The zero-order chi connectivity index (χ0) is 12.5. The van der Waals surface area contributed by atoms with Crippen LogP contribution in [0.3, 0.4) is 0 Å². The highest BCUT2D eigenvalue weighted by atomic mass is 28.3. The highest BCUT2D eigenvalue weighted by Crippen LogP contribution is 2.39. The van der Waals surface area contributed by atoms with Crippen molar-refractivity contribution in [3.63, 3.8) is 0 Å². The Kier molecular flexibility index (Phi) is 3.29. The lowest BCUT2D eigenvalue weighted by molar-refractivity contribution is 0.326. The predicted molar refractivity (Wildman–Crippen MR) is 81.5 cm³/mol. The fourth-order valence-corrected chi connectivity index (χ4v) is 4.91. The summed E-state index contributed by atoms with van der Waals surface area (Å²) in [6.45, 7) is 7.45. The molecular weight excluding hydrogens is 234 g/mol. The van der Waals surface area contributed by atoms with E-state index < -0.39 is 8.80 Å². The minimum atomic E-state index is -0.656. The van der Waals surface area contributed by atoms with Crippen molar-refractivity contribution in [3.8, 4) is 0 Å². The number of benzene rings is 1. The molecule has 1 aliphatic heterocycles. The zero-order valence-electron chi connectivity index (χ0n) is 11.5. The molecule has 2 aliphatic rings. The molecule has 3 rings (SSSR count). The molecule has 1 aromatic rings. The maximum atomic E-state index is 2.62. The molecule has 1 nitrogen and oxygen atoms in total. The third-order valence-corrected chi connectivity index (χ3v) is 6.34. The van der Waals surface area contributed by atoms with Gasteiger partial charge in [-0.25, -0.2) is 0 Å². The lowest BCUT2D eigenvalue weighted by atomic mass is 10.1. The van der Waals surface area contributed by atoms with Crippen molar-refractivity contribution in [1.29, 1.82) is 0 Å². The van der Waals surface area contributed by atoms with Gasteiger partial charge >= 0.3 is 0 Å². The van der Waals surface area contributed by atoms with Gasteiger partial charge in [-0.05, 0) is 30.4 Å². The van der Waals surface area contributed by atoms with E-state index in [4.69, 9.17) is 0 Å². The Hall–Kier alpha value is -1.02. The van der Waals surface area contributed by atoms with E-state index in [-0.39, 0.29) is 0 Å². The Balaban J connectivity index is 1.96. The molecule has 1 aromatic carbocycles. The van der Waals surface area contributed by atoms with Gasteiger partial charge in [-0.3, -0.25) is 0 Å². The van der Waals surface area contributed by atoms with Crippen molar-refractivity contribution >= 4 is 14.5 Å². The molecule has 1 unspecified atom stereocenters. The van der Waals surface area contributed by atoms with Crippen molar-refractivity contribution in [1.82, 2.24) is 4.90 Å². The number of nitrogens with zero attached hydrogens (tertiary/aromatic N) is 1. The summed E-state index contributed by atoms with van der Waals surface area (Å²) in [7, 11) is -0.656. The molecule has 0 bridgehead atoms. The summed E-state index contributed by atoms with van der Waals surface area (Å²) in [5.74, 6) is 0. The summed E-state index contributed by atoms with van der Waals surface area (Å²) in [5, 5.41) is 0. The van der Waals surface area contributed by atoms with Gasteiger partial charge in [0.2, 0.25) is 0 Å². The Morgan fingerprint density at radius 2 is 1.78 bits per heavy atom. The van der Waals surface area contributed by atoms with E-state index in [0.717, 1.165) is 5.54 Å². The Morgan fingerprint density at radius 3 is 2.50 bits per heavy atom. The molecular formula is C16H23NSi. The summed E-state index contributed by atoms with van der Waals surface area (Å²) in [6, 6.07) is 9.07. The van der Waals surface area contributed by atoms with Gasteiger partial charge in [0.15, 0.2) is 0 Å². The van der Waals surface area contributed by atoms with Crippen LogP contribution in [0, 0.1) is 0 Å². The Bertz CT molecular complexity index is 458.